The molecule has 2 N–H and O–H groups in total. The third-order valence-corrected chi connectivity index (χ3v) is 4.71. The van der Waals surface area contributed by atoms with Crippen LogP contribution in [0.1, 0.15) is 32.1 Å². The predicted molar refractivity (Wildman–Crippen MR) is 74.1 cm³/mol. The van der Waals surface area contributed by atoms with Crippen molar-refractivity contribution < 1.29 is 0 Å². The van der Waals surface area contributed by atoms with E-state index in [-0.39, 0.29) is 0 Å². The molecule has 3 rings (SSSR count). The number of hydrogen-bond donors (Lipinski definition) is 1. The molecule has 2 fully saturated rings. The zero-order valence-electron chi connectivity index (χ0n) is 9.90. The molecule has 0 aromatic carbocycles. The van der Waals surface area contributed by atoms with E-state index in [1.165, 1.54) is 32.1 Å². The number of fused-ring (bicyclic) bond motifs is 1. The molecule has 92 valence electrons. The Morgan fingerprint density at radius 1 is 1.29 bits per heavy atom. The van der Waals surface area contributed by atoms with Gasteiger partial charge >= 0.3 is 0 Å². The Balaban J connectivity index is 1.88. The van der Waals surface area contributed by atoms with Crippen LogP contribution in [0.5, 0.6) is 0 Å². The first-order valence-electron chi connectivity index (χ1n) is 6.43. The number of hydrogen-bond acceptors (Lipinski definition) is 3. The number of nitrogens with two attached hydrogens (primary N) is 1. The maximum absolute atomic E-state index is 5.75. The van der Waals surface area contributed by atoms with Gasteiger partial charge in [0.1, 0.15) is 5.82 Å². The second-order valence-electron chi connectivity index (χ2n) is 5.17. The van der Waals surface area contributed by atoms with E-state index < -0.39 is 0 Å². The largest absolute Gasteiger partial charge is 0.397 e. The van der Waals surface area contributed by atoms with Gasteiger partial charge in [-0.05, 0) is 47.2 Å². The van der Waals surface area contributed by atoms with E-state index >= 15 is 0 Å². The van der Waals surface area contributed by atoms with Crippen molar-refractivity contribution in [1.82, 2.24) is 4.98 Å². The summed E-state index contributed by atoms with van der Waals surface area (Å²) >= 11 is 3.59. The molecule has 2 aliphatic rings. The van der Waals surface area contributed by atoms with E-state index in [1.54, 1.807) is 6.20 Å². The average molecular weight is 296 g/mol. The van der Waals surface area contributed by atoms with Crippen LogP contribution in [0.2, 0.25) is 0 Å². The number of pyridine rings is 1. The van der Waals surface area contributed by atoms with Crippen molar-refractivity contribution in [1.29, 1.82) is 0 Å². The lowest BCUT2D eigenvalue weighted by Crippen LogP contribution is -2.35. The molecule has 0 bridgehead atoms. The van der Waals surface area contributed by atoms with Crippen molar-refractivity contribution in [2.75, 3.05) is 17.2 Å². The molecule has 1 aromatic rings. The van der Waals surface area contributed by atoms with E-state index in [1.807, 2.05) is 6.07 Å². The van der Waals surface area contributed by atoms with Crippen LogP contribution in [0.25, 0.3) is 0 Å². The molecule has 2 atom stereocenters. The lowest BCUT2D eigenvalue weighted by atomic mass is 9.85. The van der Waals surface area contributed by atoms with Gasteiger partial charge in [-0.25, -0.2) is 4.98 Å². The van der Waals surface area contributed by atoms with E-state index in [0.29, 0.717) is 6.04 Å². The van der Waals surface area contributed by atoms with Gasteiger partial charge < -0.3 is 10.6 Å². The Bertz CT molecular complexity index is 421. The van der Waals surface area contributed by atoms with Crippen molar-refractivity contribution in [3.8, 4) is 0 Å². The Hall–Kier alpha value is -0.770. The van der Waals surface area contributed by atoms with Gasteiger partial charge in [0, 0.05) is 12.6 Å². The molecule has 0 spiro atoms. The highest BCUT2D eigenvalue weighted by molar-refractivity contribution is 9.10. The fourth-order valence-corrected chi connectivity index (χ4v) is 3.92. The van der Waals surface area contributed by atoms with Crippen LogP contribution in [0.4, 0.5) is 11.5 Å². The molecule has 1 aliphatic heterocycles. The summed E-state index contributed by atoms with van der Waals surface area (Å²) in [5.74, 6) is 1.96. The van der Waals surface area contributed by atoms with Crippen LogP contribution in [-0.2, 0) is 0 Å². The zero-order chi connectivity index (χ0) is 11.8. The monoisotopic (exact) mass is 295 g/mol. The fourth-order valence-electron chi connectivity index (χ4n) is 3.33. The normalized spacial score (nSPS) is 28.2. The van der Waals surface area contributed by atoms with Crippen molar-refractivity contribution in [3.05, 3.63) is 16.7 Å². The highest BCUT2D eigenvalue weighted by Crippen LogP contribution is 2.40. The Morgan fingerprint density at radius 3 is 2.94 bits per heavy atom. The second kappa shape index (κ2) is 4.48. The minimum atomic E-state index is 0.705. The minimum absolute atomic E-state index is 0.705. The van der Waals surface area contributed by atoms with Crippen LogP contribution >= 0.6 is 15.9 Å². The summed E-state index contributed by atoms with van der Waals surface area (Å²) in [5.41, 5.74) is 6.47. The first-order valence-corrected chi connectivity index (χ1v) is 7.22. The highest BCUT2D eigenvalue weighted by atomic mass is 79.9. The number of aromatic nitrogens is 1. The number of nitrogen functional groups attached to an aromatic ring is 1. The summed E-state index contributed by atoms with van der Waals surface area (Å²) in [7, 11) is 0. The molecule has 0 radical (unpaired) electrons. The predicted octanol–water partition coefficient (Wildman–Crippen LogP) is 3.20. The molecule has 1 aromatic heterocycles. The van der Waals surface area contributed by atoms with Crippen LogP contribution in [0, 0.1) is 5.92 Å². The quantitative estimate of drug-likeness (QED) is 0.865. The van der Waals surface area contributed by atoms with Crippen LogP contribution in [0.15, 0.2) is 16.7 Å². The summed E-state index contributed by atoms with van der Waals surface area (Å²) in [6.07, 6.45) is 8.58. The summed E-state index contributed by atoms with van der Waals surface area (Å²) in [6, 6.07) is 2.66. The maximum Gasteiger partial charge on any atom is 0.143 e. The molecule has 1 aliphatic carbocycles. The van der Waals surface area contributed by atoms with Gasteiger partial charge in [0.15, 0.2) is 0 Å². The number of anilines is 2. The van der Waals surface area contributed by atoms with E-state index in [0.717, 1.165) is 28.4 Å². The standard InChI is InChI=1S/C13H18BrN3/c14-11-7-10(15)8-16-13(11)17-6-5-9-3-1-2-4-12(9)17/h7-9,12H,1-6,15H2. The molecule has 4 heteroatoms. The van der Waals surface area contributed by atoms with E-state index in [9.17, 15) is 0 Å². The number of halogens is 1. The zero-order valence-corrected chi connectivity index (χ0v) is 11.5. The summed E-state index contributed by atoms with van der Waals surface area (Å²) in [4.78, 5) is 6.98. The van der Waals surface area contributed by atoms with Gasteiger partial charge in [-0.1, -0.05) is 12.8 Å². The van der Waals surface area contributed by atoms with Gasteiger partial charge in [0.05, 0.1) is 16.4 Å². The van der Waals surface area contributed by atoms with Crippen LogP contribution in [-0.4, -0.2) is 17.6 Å². The first kappa shape index (κ1) is 11.3. The second-order valence-corrected chi connectivity index (χ2v) is 6.02. The smallest absolute Gasteiger partial charge is 0.143 e. The Labute approximate surface area is 111 Å². The average Bonchev–Trinajstić information content (AvgIpc) is 2.73. The van der Waals surface area contributed by atoms with Crippen LogP contribution < -0.4 is 10.6 Å². The summed E-state index contributed by atoms with van der Waals surface area (Å²) in [6.45, 7) is 1.14. The lowest BCUT2D eigenvalue weighted by molar-refractivity contribution is 0.341. The molecular weight excluding hydrogens is 278 g/mol. The van der Waals surface area contributed by atoms with Gasteiger partial charge in [-0.2, -0.15) is 0 Å². The van der Waals surface area contributed by atoms with Gasteiger partial charge in [0.25, 0.3) is 0 Å². The van der Waals surface area contributed by atoms with E-state index in [2.05, 4.69) is 25.8 Å². The topological polar surface area (TPSA) is 42.1 Å². The molecule has 2 heterocycles. The molecule has 17 heavy (non-hydrogen) atoms. The Morgan fingerprint density at radius 2 is 2.12 bits per heavy atom. The summed E-state index contributed by atoms with van der Waals surface area (Å²) in [5, 5.41) is 0. The van der Waals surface area contributed by atoms with Crippen molar-refractivity contribution in [3.63, 3.8) is 0 Å². The first-order chi connectivity index (χ1) is 8.25. The molecule has 0 amide bonds. The molecule has 2 unspecified atom stereocenters. The molecule has 1 saturated heterocycles. The van der Waals surface area contributed by atoms with Crippen molar-refractivity contribution >= 4 is 27.4 Å². The maximum atomic E-state index is 5.75. The molecule has 1 saturated carbocycles. The SMILES string of the molecule is Nc1cnc(N2CCC3CCCCC32)c(Br)c1. The van der Waals surface area contributed by atoms with E-state index in [4.69, 9.17) is 5.73 Å². The Kier molecular flexibility index (Phi) is 2.99. The highest BCUT2D eigenvalue weighted by Gasteiger charge is 2.36. The van der Waals surface area contributed by atoms with Gasteiger partial charge in [-0.3, -0.25) is 0 Å². The fraction of sp³-hybridized carbons (Fsp3) is 0.615. The van der Waals surface area contributed by atoms with Gasteiger partial charge in [0.2, 0.25) is 0 Å². The van der Waals surface area contributed by atoms with Crippen molar-refractivity contribution in [2.45, 2.75) is 38.1 Å². The van der Waals surface area contributed by atoms with Crippen LogP contribution in [0.3, 0.4) is 0 Å². The third-order valence-electron chi connectivity index (χ3n) is 4.13. The summed E-state index contributed by atoms with van der Waals surface area (Å²) < 4.78 is 1.03. The third kappa shape index (κ3) is 2.03. The number of nitrogens with zero attached hydrogens (tertiary/aromatic N) is 2. The molecular formula is C13H18BrN3. The number of rotatable bonds is 1. The van der Waals surface area contributed by atoms with Crippen molar-refractivity contribution in [2.24, 2.45) is 5.92 Å². The minimum Gasteiger partial charge on any atom is -0.397 e. The van der Waals surface area contributed by atoms with Gasteiger partial charge in [-0.15, -0.1) is 0 Å². The lowest BCUT2D eigenvalue weighted by Gasteiger charge is -2.32. The molecule has 3 nitrogen and oxygen atoms in total.